The van der Waals surface area contributed by atoms with E-state index in [1.807, 2.05) is 11.3 Å². The van der Waals surface area contributed by atoms with Crippen molar-refractivity contribution in [2.45, 2.75) is 0 Å². The average Bonchev–Trinajstić information content (AvgIpc) is 3.70. The summed E-state index contributed by atoms with van der Waals surface area (Å²) < 4.78 is 2.62. The van der Waals surface area contributed by atoms with E-state index in [2.05, 4.69) is 241 Å². The molecule has 0 aliphatic carbocycles. The molecular formula is C58H39NS. The van der Waals surface area contributed by atoms with Crippen molar-refractivity contribution >= 4 is 59.3 Å². The lowest BCUT2D eigenvalue weighted by molar-refractivity contribution is 1.28. The Morgan fingerprint density at radius 2 is 0.783 bits per heavy atom. The van der Waals surface area contributed by atoms with Gasteiger partial charge >= 0.3 is 0 Å². The van der Waals surface area contributed by atoms with E-state index in [1.54, 1.807) is 0 Å². The van der Waals surface area contributed by atoms with Gasteiger partial charge in [-0.2, -0.15) is 0 Å². The standard InChI is InChI=1S/C58H39NS/c1-2-11-40(12-3-1)42-21-23-43(24-22-42)44-31-34-51(35-32-44)59(56-19-8-6-17-53(56)50-33-36-58-55(39-50)54-18-7-9-20-57(54)60-58)52-16-10-15-48(38-52)45-25-27-46(28-26-45)49-30-29-41-13-4-5-14-47(41)37-49/h1-39H. The molecule has 0 spiro atoms. The summed E-state index contributed by atoms with van der Waals surface area (Å²) in [6, 6.07) is 86.2. The summed E-state index contributed by atoms with van der Waals surface area (Å²) in [5, 5.41) is 5.12. The predicted molar refractivity (Wildman–Crippen MR) is 259 cm³/mol. The second kappa shape index (κ2) is 15.3. The summed E-state index contributed by atoms with van der Waals surface area (Å²) in [6.45, 7) is 0. The molecule has 0 fully saturated rings. The van der Waals surface area contributed by atoms with Crippen molar-refractivity contribution in [3.05, 3.63) is 237 Å². The molecule has 1 aromatic heterocycles. The monoisotopic (exact) mass is 781 g/mol. The summed E-state index contributed by atoms with van der Waals surface area (Å²) in [5.41, 5.74) is 15.3. The maximum atomic E-state index is 2.42. The highest BCUT2D eigenvalue weighted by molar-refractivity contribution is 7.25. The van der Waals surface area contributed by atoms with Crippen LogP contribution in [0.2, 0.25) is 0 Å². The number of fused-ring (bicyclic) bond motifs is 4. The van der Waals surface area contributed by atoms with Gasteiger partial charge in [0.2, 0.25) is 0 Å². The van der Waals surface area contributed by atoms with Gasteiger partial charge in [-0.1, -0.05) is 182 Å². The van der Waals surface area contributed by atoms with Crippen molar-refractivity contribution in [2.24, 2.45) is 0 Å². The molecule has 0 aliphatic rings. The minimum Gasteiger partial charge on any atom is -0.310 e. The van der Waals surface area contributed by atoms with Gasteiger partial charge < -0.3 is 4.90 Å². The van der Waals surface area contributed by atoms with Gasteiger partial charge in [0.25, 0.3) is 0 Å². The van der Waals surface area contributed by atoms with Crippen LogP contribution in [0.4, 0.5) is 17.1 Å². The third-order valence-electron chi connectivity index (χ3n) is 11.7. The fraction of sp³-hybridized carbons (Fsp3) is 0. The van der Waals surface area contributed by atoms with Gasteiger partial charge in [-0.15, -0.1) is 11.3 Å². The number of hydrogen-bond acceptors (Lipinski definition) is 2. The zero-order chi connectivity index (χ0) is 39.8. The number of nitrogens with zero attached hydrogens (tertiary/aromatic N) is 1. The first-order valence-corrected chi connectivity index (χ1v) is 21.3. The van der Waals surface area contributed by atoms with E-state index in [0.29, 0.717) is 0 Å². The lowest BCUT2D eigenvalue weighted by Gasteiger charge is -2.28. The van der Waals surface area contributed by atoms with E-state index in [4.69, 9.17) is 0 Å². The second-order valence-electron chi connectivity index (χ2n) is 15.3. The van der Waals surface area contributed by atoms with Crippen LogP contribution in [0.3, 0.4) is 0 Å². The highest BCUT2D eigenvalue weighted by atomic mass is 32.1. The van der Waals surface area contributed by atoms with Gasteiger partial charge in [0.15, 0.2) is 0 Å². The largest absolute Gasteiger partial charge is 0.310 e. The van der Waals surface area contributed by atoms with Crippen LogP contribution in [-0.4, -0.2) is 0 Å². The number of para-hydroxylation sites is 1. The van der Waals surface area contributed by atoms with Crippen LogP contribution in [0, 0.1) is 0 Å². The molecule has 0 saturated heterocycles. The van der Waals surface area contributed by atoms with Crippen LogP contribution in [0.25, 0.3) is 86.6 Å². The highest BCUT2D eigenvalue weighted by Crippen LogP contribution is 2.44. The lowest BCUT2D eigenvalue weighted by Crippen LogP contribution is -2.11. The quantitative estimate of drug-likeness (QED) is 0.148. The van der Waals surface area contributed by atoms with E-state index in [0.717, 1.165) is 17.1 Å². The van der Waals surface area contributed by atoms with Crippen molar-refractivity contribution in [1.82, 2.24) is 0 Å². The molecule has 10 aromatic carbocycles. The Bertz CT molecular complexity index is 3290. The summed E-state index contributed by atoms with van der Waals surface area (Å²) in [4.78, 5) is 2.42. The predicted octanol–water partition coefficient (Wildman–Crippen LogP) is 17.0. The third kappa shape index (κ3) is 6.73. The molecule has 0 atom stereocenters. The van der Waals surface area contributed by atoms with Gasteiger partial charge in [0.05, 0.1) is 5.69 Å². The average molecular weight is 782 g/mol. The first-order valence-electron chi connectivity index (χ1n) is 20.5. The van der Waals surface area contributed by atoms with Crippen LogP contribution >= 0.6 is 11.3 Å². The van der Waals surface area contributed by atoms with Crippen LogP contribution in [0.15, 0.2) is 237 Å². The van der Waals surface area contributed by atoms with Gasteiger partial charge in [-0.05, 0) is 115 Å². The Morgan fingerprint density at radius 3 is 1.53 bits per heavy atom. The molecule has 1 heterocycles. The molecule has 0 unspecified atom stereocenters. The molecule has 11 rings (SSSR count). The first-order chi connectivity index (χ1) is 29.7. The van der Waals surface area contributed by atoms with Crippen LogP contribution < -0.4 is 4.90 Å². The van der Waals surface area contributed by atoms with Gasteiger partial charge in [-0.3, -0.25) is 0 Å². The van der Waals surface area contributed by atoms with Crippen molar-refractivity contribution < 1.29 is 0 Å². The van der Waals surface area contributed by atoms with Gasteiger partial charge in [-0.25, -0.2) is 0 Å². The summed E-state index contributed by atoms with van der Waals surface area (Å²) in [6.07, 6.45) is 0. The molecule has 0 amide bonds. The number of thiophene rings is 1. The molecule has 0 saturated carbocycles. The molecule has 2 heteroatoms. The second-order valence-corrected chi connectivity index (χ2v) is 16.4. The fourth-order valence-electron chi connectivity index (χ4n) is 8.57. The Hall–Kier alpha value is -7.52. The van der Waals surface area contributed by atoms with E-state index < -0.39 is 0 Å². The summed E-state index contributed by atoms with van der Waals surface area (Å²) in [7, 11) is 0. The maximum Gasteiger partial charge on any atom is 0.0540 e. The smallest absolute Gasteiger partial charge is 0.0540 e. The van der Waals surface area contributed by atoms with Crippen molar-refractivity contribution in [2.75, 3.05) is 4.90 Å². The molecular weight excluding hydrogens is 743 g/mol. The van der Waals surface area contributed by atoms with E-state index in [9.17, 15) is 0 Å². The normalized spacial score (nSPS) is 11.3. The molecule has 11 aromatic rings. The Kier molecular flexibility index (Phi) is 9.11. The molecule has 0 radical (unpaired) electrons. The minimum absolute atomic E-state index is 1.10. The number of anilines is 3. The summed E-state index contributed by atoms with van der Waals surface area (Å²) >= 11 is 1.86. The fourth-order valence-corrected chi connectivity index (χ4v) is 9.66. The van der Waals surface area contributed by atoms with E-state index >= 15 is 0 Å². The SMILES string of the molecule is c1ccc(-c2ccc(-c3ccc(N(c4cccc(-c5ccc(-c6ccc7ccccc7c6)cc5)c4)c4ccccc4-c4ccc5sc6ccccc6c5c4)cc3)cc2)cc1. The van der Waals surface area contributed by atoms with Crippen molar-refractivity contribution in [1.29, 1.82) is 0 Å². The topological polar surface area (TPSA) is 3.24 Å². The molecule has 0 N–H and O–H groups in total. The van der Waals surface area contributed by atoms with Crippen molar-refractivity contribution in [3.8, 4) is 55.6 Å². The Balaban J connectivity index is 0.993. The highest BCUT2D eigenvalue weighted by Gasteiger charge is 2.19. The van der Waals surface area contributed by atoms with Gasteiger partial charge in [0.1, 0.15) is 0 Å². The number of hydrogen-bond donors (Lipinski definition) is 0. The Labute approximate surface area is 354 Å². The van der Waals surface area contributed by atoms with Crippen LogP contribution in [-0.2, 0) is 0 Å². The molecule has 0 bridgehead atoms. The Morgan fingerprint density at radius 1 is 0.267 bits per heavy atom. The first kappa shape index (κ1) is 35.6. The number of benzene rings is 10. The van der Waals surface area contributed by atoms with Crippen LogP contribution in [0.1, 0.15) is 0 Å². The van der Waals surface area contributed by atoms with E-state index in [1.165, 1.54) is 86.6 Å². The molecule has 60 heavy (non-hydrogen) atoms. The summed E-state index contributed by atoms with van der Waals surface area (Å²) in [5.74, 6) is 0. The van der Waals surface area contributed by atoms with E-state index in [-0.39, 0.29) is 0 Å². The minimum atomic E-state index is 1.10. The zero-order valence-corrected chi connectivity index (χ0v) is 33.7. The lowest BCUT2D eigenvalue weighted by atomic mass is 9.97. The van der Waals surface area contributed by atoms with Crippen molar-refractivity contribution in [3.63, 3.8) is 0 Å². The molecule has 1 nitrogen and oxygen atoms in total. The maximum absolute atomic E-state index is 2.42. The third-order valence-corrected chi connectivity index (χ3v) is 12.8. The molecule has 0 aliphatic heterocycles. The van der Waals surface area contributed by atoms with Gasteiger partial charge in [0, 0.05) is 37.1 Å². The van der Waals surface area contributed by atoms with Crippen LogP contribution in [0.5, 0.6) is 0 Å². The molecule has 282 valence electrons. The zero-order valence-electron chi connectivity index (χ0n) is 32.9. The number of rotatable bonds is 8.